The zero-order valence-electron chi connectivity index (χ0n) is 13.9. The van der Waals surface area contributed by atoms with Crippen LogP contribution in [0.2, 0.25) is 0 Å². The molecule has 6 nitrogen and oxygen atoms in total. The summed E-state index contributed by atoms with van der Waals surface area (Å²) in [5.74, 6) is 2.73. The fourth-order valence-corrected chi connectivity index (χ4v) is 3.38. The predicted molar refractivity (Wildman–Crippen MR) is 87.2 cm³/mol. The quantitative estimate of drug-likeness (QED) is 0.913. The van der Waals surface area contributed by atoms with Crippen LogP contribution in [0.4, 0.5) is 0 Å². The van der Waals surface area contributed by atoms with Gasteiger partial charge in [0.15, 0.2) is 0 Å². The molecule has 1 N–H and O–H groups in total. The first-order valence-corrected chi connectivity index (χ1v) is 8.07. The van der Waals surface area contributed by atoms with E-state index in [9.17, 15) is 5.11 Å². The summed E-state index contributed by atoms with van der Waals surface area (Å²) in [7, 11) is 1.67. The Morgan fingerprint density at radius 1 is 1.35 bits per heavy atom. The Kier molecular flexibility index (Phi) is 4.63. The summed E-state index contributed by atoms with van der Waals surface area (Å²) in [5.41, 5.74) is 1.17. The smallest absolute Gasteiger partial charge is 0.147 e. The number of aromatic nitrogens is 3. The summed E-state index contributed by atoms with van der Waals surface area (Å²) < 4.78 is 7.45. The first-order chi connectivity index (χ1) is 11.1. The molecule has 1 aromatic heterocycles. The Morgan fingerprint density at radius 3 is 2.91 bits per heavy atom. The Hall–Kier alpha value is -1.92. The number of hydrogen-bond donors (Lipinski definition) is 1. The maximum Gasteiger partial charge on any atom is 0.147 e. The summed E-state index contributed by atoms with van der Waals surface area (Å²) in [6.07, 6.45) is 0.414. The highest BCUT2D eigenvalue weighted by molar-refractivity contribution is 5.31. The van der Waals surface area contributed by atoms with Crippen molar-refractivity contribution in [3.8, 4) is 5.75 Å². The number of aliphatic hydroxyl groups excluding tert-OH is 1. The van der Waals surface area contributed by atoms with Crippen LogP contribution in [0.15, 0.2) is 24.3 Å². The van der Waals surface area contributed by atoms with Crippen molar-refractivity contribution in [3.05, 3.63) is 41.5 Å². The lowest BCUT2D eigenvalue weighted by atomic mass is 10.0. The number of aryl methyl sites for hydroxylation is 1. The summed E-state index contributed by atoms with van der Waals surface area (Å²) in [4.78, 5) is 2.27. The monoisotopic (exact) mass is 316 g/mol. The van der Waals surface area contributed by atoms with E-state index in [0.717, 1.165) is 30.4 Å². The topological polar surface area (TPSA) is 63.4 Å². The minimum Gasteiger partial charge on any atom is -0.497 e. The molecule has 0 saturated carbocycles. The van der Waals surface area contributed by atoms with Crippen molar-refractivity contribution in [2.45, 2.75) is 45.5 Å². The SMILES string of the molecule is CCn1c(C)nnc1CN1C[C@H](O)C[C@H]1c1cccc(OC)c1. The van der Waals surface area contributed by atoms with E-state index in [4.69, 9.17) is 4.74 Å². The minimum atomic E-state index is -0.315. The molecule has 0 unspecified atom stereocenters. The van der Waals surface area contributed by atoms with Gasteiger partial charge >= 0.3 is 0 Å². The molecule has 23 heavy (non-hydrogen) atoms. The van der Waals surface area contributed by atoms with Gasteiger partial charge in [-0.05, 0) is 38.0 Å². The van der Waals surface area contributed by atoms with E-state index in [1.54, 1.807) is 7.11 Å². The van der Waals surface area contributed by atoms with E-state index in [1.165, 1.54) is 5.56 Å². The van der Waals surface area contributed by atoms with Crippen molar-refractivity contribution < 1.29 is 9.84 Å². The standard InChI is InChI=1S/C17H24N4O2/c1-4-21-12(2)18-19-17(21)11-20-10-14(22)9-16(20)13-6-5-7-15(8-13)23-3/h5-8,14,16,22H,4,9-11H2,1-3H3/t14-,16+/m1/s1. The Balaban J connectivity index is 1.84. The third-order valence-electron chi connectivity index (χ3n) is 4.53. The Bertz CT molecular complexity index is 670. The number of β-amino-alcohol motifs (C(OH)–C–C–N with tert-alkyl or cyclic N) is 1. The van der Waals surface area contributed by atoms with Gasteiger partial charge in [-0.2, -0.15) is 0 Å². The molecule has 1 fully saturated rings. The number of hydrogen-bond acceptors (Lipinski definition) is 5. The van der Waals surface area contributed by atoms with Crippen LogP contribution in [0.3, 0.4) is 0 Å². The van der Waals surface area contributed by atoms with Crippen LogP contribution in [-0.4, -0.2) is 44.5 Å². The zero-order chi connectivity index (χ0) is 16.4. The fourth-order valence-electron chi connectivity index (χ4n) is 3.38. The molecule has 0 aliphatic carbocycles. The molecule has 0 spiro atoms. The van der Waals surface area contributed by atoms with Crippen LogP contribution < -0.4 is 4.74 Å². The molecular formula is C17H24N4O2. The van der Waals surface area contributed by atoms with Gasteiger partial charge in [0, 0.05) is 19.1 Å². The Labute approximate surface area is 136 Å². The van der Waals surface area contributed by atoms with Crippen LogP contribution in [-0.2, 0) is 13.1 Å². The maximum absolute atomic E-state index is 10.2. The van der Waals surface area contributed by atoms with E-state index in [2.05, 4.69) is 32.7 Å². The van der Waals surface area contributed by atoms with E-state index in [1.807, 2.05) is 25.1 Å². The maximum atomic E-state index is 10.2. The highest BCUT2D eigenvalue weighted by Gasteiger charge is 2.33. The molecule has 2 heterocycles. The molecular weight excluding hydrogens is 292 g/mol. The van der Waals surface area contributed by atoms with Gasteiger partial charge in [0.25, 0.3) is 0 Å². The zero-order valence-corrected chi connectivity index (χ0v) is 13.9. The molecule has 1 aromatic carbocycles. The van der Waals surface area contributed by atoms with Gasteiger partial charge in [0.05, 0.1) is 19.8 Å². The molecule has 0 amide bonds. The average Bonchev–Trinajstić information content (AvgIpc) is 3.10. The van der Waals surface area contributed by atoms with Gasteiger partial charge in [-0.25, -0.2) is 0 Å². The average molecular weight is 316 g/mol. The molecule has 2 aromatic rings. The normalized spacial score (nSPS) is 21.7. The molecule has 1 saturated heterocycles. The Morgan fingerprint density at radius 2 is 2.17 bits per heavy atom. The summed E-state index contributed by atoms with van der Waals surface area (Å²) in [6, 6.07) is 8.24. The van der Waals surface area contributed by atoms with Crippen LogP contribution in [0.1, 0.15) is 36.6 Å². The lowest BCUT2D eigenvalue weighted by molar-refractivity contribution is 0.170. The fraction of sp³-hybridized carbons (Fsp3) is 0.529. The first-order valence-electron chi connectivity index (χ1n) is 8.07. The number of rotatable bonds is 5. The van der Waals surface area contributed by atoms with Crippen LogP contribution >= 0.6 is 0 Å². The van der Waals surface area contributed by atoms with E-state index >= 15 is 0 Å². The van der Waals surface area contributed by atoms with Crippen molar-refractivity contribution in [1.82, 2.24) is 19.7 Å². The molecule has 1 aliphatic rings. The molecule has 0 bridgehead atoms. The predicted octanol–water partition coefficient (Wildman–Crippen LogP) is 1.92. The number of methoxy groups -OCH3 is 1. The van der Waals surface area contributed by atoms with E-state index < -0.39 is 0 Å². The van der Waals surface area contributed by atoms with Crippen LogP contribution in [0.25, 0.3) is 0 Å². The van der Waals surface area contributed by atoms with Crippen molar-refractivity contribution in [3.63, 3.8) is 0 Å². The summed E-state index contributed by atoms with van der Waals surface area (Å²) >= 11 is 0. The van der Waals surface area contributed by atoms with Gasteiger partial charge in [0.1, 0.15) is 17.4 Å². The third kappa shape index (κ3) is 3.23. The van der Waals surface area contributed by atoms with Gasteiger partial charge in [-0.1, -0.05) is 12.1 Å². The second-order valence-corrected chi connectivity index (χ2v) is 6.02. The first kappa shape index (κ1) is 16.0. The summed E-state index contributed by atoms with van der Waals surface area (Å²) in [6.45, 7) is 6.26. The highest BCUT2D eigenvalue weighted by atomic mass is 16.5. The van der Waals surface area contributed by atoms with Gasteiger partial charge in [-0.15, -0.1) is 10.2 Å². The number of ether oxygens (including phenoxy) is 1. The lowest BCUT2D eigenvalue weighted by Crippen LogP contribution is -2.26. The molecule has 0 radical (unpaired) electrons. The second-order valence-electron chi connectivity index (χ2n) is 6.02. The van der Waals surface area contributed by atoms with E-state index in [0.29, 0.717) is 13.1 Å². The summed E-state index contributed by atoms with van der Waals surface area (Å²) in [5, 5.41) is 18.6. The number of likely N-dealkylation sites (tertiary alicyclic amines) is 1. The second kappa shape index (κ2) is 6.68. The van der Waals surface area contributed by atoms with Crippen molar-refractivity contribution >= 4 is 0 Å². The van der Waals surface area contributed by atoms with Crippen LogP contribution in [0.5, 0.6) is 5.75 Å². The third-order valence-corrected chi connectivity index (χ3v) is 4.53. The number of benzene rings is 1. The van der Waals surface area contributed by atoms with Crippen molar-refractivity contribution in [1.29, 1.82) is 0 Å². The molecule has 3 rings (SSSR count). The van der Waals surface area contributed by atoms with Crippen molar-refractivity contribution in [2.24, 2.45) is 0 Å². The van der Waals surface area contributed by atoms with Crippen molar-refractivity contribution in [2.75, 3.05) is 13.7 Å². The molecule has 1 aliphatic heterocycles. The van der Waals surface area contributed by atoms with Gasteiger partial charge < -0.3 is 14.4 Å². The molecule has 6 heteroatoms. The minimum absolute atomic E-state index is 0.169. The number of nitrogens with zero attached hydrogens (tertiary/aromatic N) is 4. The van der Waals surface area contributed by atoms with Gasteiger partial charge in [-0.3, -0.25) is 4.90 Å². The number of aliphatic hydroxyl groups is 1. The van der Waals surface area contributed by atoms with Gasteiger partial charge in [0.2, 0.25) is 0 Å². The lowest BCUT2D eigenvalue weighted by Gasteiger charge is -2.24. The highest BCUT2D eigenvalue weighted by Crippen LogP contribution is 2.34. The largest absolute Gasteiger partial charge is 0.497 e. The van der Waals surface area contributed by atoms with E-state index in [-0.39, 0.29) is 12.1 Å². The molecule has 124 valence electrons. The van der Waals surface area contributed by atoms with Crippen LogP contribution in [0, 0.1) is 6.92 Å². The molecule has 2 atom stereocenters.